The molecule has 0 fully saturated rings. The van der Waals surface area contributed by atoms with Gasteiger partial charge in [-0.05, 0) is 25.5 Å². The fourth-order valence-electron chi connectivity index (χ4n) is 2.71. The summed E-state index contributed by atoms with van der Waals surface area (Å²) >= 11 is 1.75. The van der Waals surface area contributed by atoms with Crippen molar-refractivity contribution >= 4 is 29.0 Å². The lowest BCUT2D eigenvalue weighted by Crippen LogP contribution is -2.20. The molecule has 1 aromatic rings. The fourth-order valence-corrected chi connectivity index (χ4v) is 3.75. The van der Waals surface area contributed by atoms with E-state index in [4.69, 9.17) is 0 Å². The van der Waals surface area contributed by atoms with Crippen LogP contribution in [0.4, 0.5) is 0 Å². The van der Waals surface area contributed by atoms with Crippen LogP contribution in [0.5, 0.6) is 0 Å². The number of rotatable bonds is 4. The highest BCUT2D eigenvalue weighted by Gasteiger charge is 2.20. The molecule has 2 rings (SSSR count). The largest absolute Gasteiger partial charge is 0.294 e. The molecule has 0 saturated carbocycles. The lowest BCUT2D eigenvalue weighted by Gasteiger charge is -2.18. The van der Waals surface area contributed by atoms with Crippen LogP contribution in [0.2, 0.25) is 0 Å². The third kappa shape index (κ3) is 4.36. The second-order valence-corrected chi connectivity index (χ2v) is 8.25. The number of amidine groups is 1. The lowest BCUT2D eigenvalue weighted by atomic mass is 9.95. The molecule has 0 atom stereocenters. The highest BCUT2D eigenvalue weighted by molar-refractivity contribution is 7.98. The van der Waals surface area contributed by atoms with Crippen LogP contribution >= 0.6 is 11.8 Å². The predicted molar refractivity (Wildman–Crippen MR) is 114 cm³/mol. The van der Waals surface area contributed by atoms with Crippen molar-refractivity contribution in [3.05, 3.63) is 52.0 Å². The fraction of sp³-hybridized carbons (Fsp3) is 0.450. The molecule has 0 aromatic carbocycles. The second-order valence-electron chi connectivity index (χ2n) is 7.27. The van der Waals surface area contributed by atoms with Crippen molar-refractivity contribution < 1.29 is 0 Å². The average molecular weight is 373 g/mol. The third-order valence-corrected chi connectivity index (χ3v) is 5.18. The Hall–Kier alpha value is -2.08. The number of nitrogens with zero attached hydrogens (tertiary/aromatic N) is 3. The van der Waals surface area contributed by atoms with E-state index in [-0.39, 0.29) is 11.0 Å². The molecule has 1 N–H and O–H groups in total. The summed E-state index contributed by atoms with van der Waals surface area (Å²) in [6.07, 6.45) is 5.77. The second kappa shape index (κ2) is 8.08. The molecule has 0 spiro atoms. The molecule has 140 valence electrons. The molecule has 2 heterocycles. The van der Waals surface area contributed by atoms with Crippen LogP contribution < -0.4 is 5.56 Å². The number of nitrogens with one attached hydrogen (secondary N) is 1. The van der Waals surface area contributed by atoms with Gasteiger partial charge in [-0.2, -0.15) is 11.8 Å². The van der Waals surface area contributed by atoms with Gasteiger partial charge in [-0.1, -0.05) is 39.5 Å². The maximum atomic E-state index is 12.4. The molecule has 26 heavy (non-hydrogen) atoms. The van der Waals surface area contributed by atoms with Crippen LogP contribution in [0, 0.1) is 5.41 Å². The van der Waals surface area contributed by atoms with Crippen molar-refractivity contribution in [1.29, 1.82) is 0 Å². The molecule has 5 nitrogen and oxygen atoms in total. The van der Waals surface area contributed by atoms with Gasteiger partial charge in [0.15, 0.2) is 0 Å². The number of thioether (sulfide) groups is 1. The summed E-state index contributed by atoms with van der Waals surface area (Å²) in [7, 11) is 1.76. The highest BCUT2D eigenvalue weighted by atomic mass is 32.2. The quantitative estimate of drug-likeness (QED) is 0.483. The Morgan fingerprint density at radius 3 is 2.54 bits per heavy atom. The van der Waals surface area contributed by atoms with E-state index in [9.17, 15) is 4.79 Å². The Bertz CT molecular complexity index is 873. The van der Waals surface area contributed by atoms with E-state index in [1.807, 2.05) is 32.1 Å². The molecule has 0 amide bonds. The van der Waals surface area contributed by atoms with Crippen molar-refractivity contribution in [3.63, 3.8) is 0 Å². The van der Waals surface area contributed by atoms with Crippen molar-refractivity contribution in [2.24, 2.45) is 15.4 Å². The van der Waals surface area contributed by atoms with Gasteiger partial charge < -0.3 is 0 Å². The Labute approximate surface area is 159 Å². The van der Waals surface area contributed by atoms with Crippen LogP contribution in [0.15, 0.2) is 45.2 Å². The number of aliphatic imine (C=N–C) groups is 2. The minimum absolute atomic E-state index is 0.000187. The van der Waals surface area contributed by atoms with E-state index in [0.717, 1.165) is 39.9 Å². The number of hydrogen-bond donors (Lipinski definition) is 1. The van der Waals surface area contributed by atoms with Gasteiger partial charge in [0, 0.05) is 29.7 Å². The molecule has 6 heteroatoms. The normalized spacial score (nSPS) is 16.5. The summed E-state index contributed by atoms with van der Waals surface area (Å²) in [5.74, 6) is 2.43. The van der Waals surface area contributed by atoms with Gasteiger partial charge in [-0.3, -0.25) is 14.9 Å². The first kappa shape index (κ1) is 20.2. The molecule has 0 saturated heterocycles. The number of fused-ring (bicyclic) bond motifs is 1. The molecule has 1 aliphatic rings. The Morgan fingerprint density at radius 1 is 1.31 bits per heavy atom. The molecule has 1 aromatic heterocycles. The summed E-state index contributed by atoms with van der Waals surface area (Å²) in [5, 5.41) is 3.16. The van der Waals surface area contributed by atoms with Crippen LogP contribution in [0.1, 0.15) is 45.9 Å². The van der Waals surface area contributed by atoms with Gasteiger partial charge in [0.2, 0.25) is 0 Å². The minimum atomic E-state index is -0.113. The smallest absolute Gasteiger partial charge is 0.275 e. The van der Waals surface area contributed by atoms with Gasteiger partial charge in [-0.25, -0.2) is 9.67 Å². The molecule has 0 bridgehead atoms. The molecular formula is C20H28N4OS. The van der Waals surface area contributed by atoms with Crippen LogP contribution in [-0.4, -0.2) is 28.4 Å². The summed E-state index contributed by atoms with van der Waals surface area (Å²) in [5.41, 5.74) is 4.22. The standard InChI is InChI=1S/C20H28N4OS/c1-8-15(14(3)22-19(21-7)20(4,5)6)10-9-13(2)24-18(25)16-11-26-12-17(16)23-24/h8-10,23H,2,11-12H2,1,3-7H3/b10-9-,15-8+,21-19?,22-14?. The molecular weight excluding hydrogens is 344 g/mol. The van der Waals surface area contributed by atoms with Gasteiger partial charge in [0.05, 0.1) is 17.0 Å². The Kier molecular flexibility index (Phi) is 6.29. The third-order valence-electron chi connectivity index (χ3n) is 4.19. The van der Waals surface area contributed by atoms with Crippen LogP contribution in [0.3, 0.4) is 0 Å². The number of aromatic amines is 1. The monoisotopic (exact) mass is 372 g/mol. The first-order chi connectivity index (χ1) is 12.2. The maximum absolute atomic E-state index is 12.4. The summed E-state index contributed by atoms with van der Waals surface area (Å²) < 4.78 is 1.52. The van der Waals surface area contributed by atoms with Gasteiger partial charge in [-0.15, -0.1) is 0 Å². The average Bonchev–Trinajstić information content (AvgIpc) is 3.15. The van der Waals surface area contributed by atoms with E-state index >= 15 is 0 Å². The summed E-state index contributed by atoms with van der Waals surface area (Å²) in [4.78, 5) is 21.4. The number of hydrogen-bond acceptors (Lipinski definition) is 3. The zero-order valence-electron chi connectivity index (χ0n) is 16.5. The first-order valence-corrected chi connectivity index (χ1v) is 9.81. The topological polar surface area (TPSA) is 62.5 Å². The molecule has 1 aliphatic heterocycles. The zero-order valence-corrected chi connectivity index (χ0v) is 17.3. The number of H-pyrrole nitrogens is 1. The van der Waals surface area contributed by atoms with Crippen molar-refractivity contribution in [1.82, 2.24) is 9.78 Å². The van der Waals surface area contributed by atoms with E-state index in [1.165, 1.54) is 4.68 Å². The van der Waals surface area contributed by atoms with Gasteiger partial charge >= 0.3 is 0 Å². The maximum Gasteiger partial charge on any atom is 0.275 e. The number of allylic oxidation sites excluding steroid dienone is 5. The summed E-state index contributed by atoms with van der Waals surface area (Å²) in [6.45, 7) is 14.2. The zero-order chi connectivity index (χ0) is 19.5. The van der Waals surface area contributed by atoms with E-state index in [2.05, 4.69) is 42.4 Å². The summed E-state index contributed by atoms with van der Waals surface area (Å²) in [6, 6.07) is 0. The SMILES string of the molecule is C=C(/C=C\C(=C/C)C(C)=NC(=NC)C(C)(C)C)n1[nH]c2c(c1=O)CSC2. The lowest BCUT2D eigenvalue weighted by molar-refractivity contribution is 0.584. The van der Waals surface area contributed by atoms with E-state index in [0.29, 0.717) is 5.70 Å². The predicted octanol–water partition coefficient (Wildman–Crippen LogP) is 4.43. The van der Waals surface area contributed by atoms with Gasteiger partial charge in [0.1, 0.15) is 5.84 Å². The molecule has 0 aliphatic carbocycles. The van der Waals surface area contributed by atoms with Crippen LogP contribution in [0.25, 0.3) is 5.70 Å². The Morgan fingerprint density at radius 2 is 2.00 bits per heavy atom. The van der Waals surface area contributed by atoms with Crippen LogP contribution in [-0.2, 0) is 11.5 Å². The highest BCUT2D eigenvalue weighted by Crippen LogP contribution is 2.26. The first-order valence-electron chi connectivity index (χ1n) is 8.66. The molecule has 0 radical (unpaired) electrons. The molecule has 0 unspecified atom stereocenters. The minimum Gasteiger partial charge on any atom is -0.294 e. The van der Waals surface area contributed by atoms with Crippen molar-refractivity contribution in [2.75, 3.05) is 7.05 Å². The Balaban J connectivity index is 2.22. The van der Waals surface area contributed by atoms with E-state index < -0.39 is 0 Å². The van der Waals surface area contributed by atoms with Gasteiger partial charge in [0.25, 0.3) is 5.56 Å². The number of aromatic nitrogens is 2. The van der Waals surface area contributed by atoms with E-state index in [1.54, 1.807) is 18.8 Å². The van der Waals surface area contributed by atoms with Crippen molar-refractivity contribution in [3.8, 4) is 0 Å². The van der Waals surface area contributed by atoms with Crippen molar-refractivity contribution in [2.45, 2.75) is 46.1 Å².